The fourth-order valence-electron chi connectivity index (χ4n) is 0.683. The first-order valence-electron chi connectivity index (χ1n) is 2.87. The molecule has 0 bridgehead atoms. The summed E-state index contributed by atoms with van der Waals surface area (Å²) in [6.45, 7) is 8.29. The fourth-order valence-corrected chi connectivity index (χ4v) is 0.683. The van der Waals surface area contributed by atoms with E-state index in [1.807, 2.05) is 13.0 Å². The summed E-state index contributed by atoms with van der Waals surface area (Å²) in [4.78, 5) is 0. The normalized spacial score (nSPS) is 14.2. The zero-order valence-electron chi connectivity index (χ0n) is 6.15. The Labute approximate surface area is 51.6 Å². The van der Waals surface area contributed by atoms with Gasteiger partial charge in [0.1, 0.15) is 0 Å². The van der Waals surface area contributed by atoms with Gasteiger partial charge in [-0.3, -0.25) is 0 Å². The molecule has 2 N–H and O–H groups in total. The lowest BCUT2D eigenvalue weighted by atomic mass is 9.96. The van der Waals surface area contributed by atoms with Gasteiger partial charge in [0.2, 0.25) is 0 Å². The molecule has 0 spiro atoms. The molecule has 0 aromatic heterocycles. The van der Waals surface area contributed by atoms with Crippen molar-refractivity contribution in [2.24, 2.45) is 11.1 Å². The minimum Gasteiger partial charge on any atom is -0.403 e. The Kier molecular flexibility index (Phi) is 2.08. The smallest absolute Gasteiger partial charge is 0.00137 e. The van der Waals surface area contributed by atoms with E-state index in [0.717, 1.165) is 5.70 Å². The molecule has 0 amide bonds. The lowest BCUT2D eigenvalue weighted by Gasteiger charge is -2.11. The highest BCUT2D eigenvalue weighted by Gasteiger charge is 2.03. The van der Waals surface area contributed by atoms with Gasteiger partial charge >= 0.3 is 0 Å². The van der Waals surface area contributed by atoms with Crippen molar-refractivity contribution in [1.82, 2.24) is 0 Å². The van der Waals surface area contributed by atoms with Gasteiger partial charge in [0, 0.05) is 5.70 Å². The van der Waals surface area contributed by atoms with Crippen molar-refractivity contribution in [3.8, 4) is 0 Å². The first kappa shape index (κ1) is 7.54. The molecule has 0 rings (SSSR count). The summed E-state index contributed by atoms with van der Waals surface area (Å²) in [5.41, 5.74) is 6.58. The van der Waals surface area contributed by atoms with E-state index in [1.54, 1.807) is 0 Å². The van der Waals surface area contributed by atoms with E-state index in [1.165, 1.54) is 0 Å². The molecule has 0 atom stereocenters. The molecule has 0 saturated heterocycles. The van der Waals surface area contributed by atoms with E-state index in [4.69, 9.17) is 5.73 Å². The highest BCUT2D eigenvalue weighted by atomic mass is 14.5. The van der Waals surface area contributed by atoms with Crippen molar-refractivity contribution in [2.75, 3.05) is 0 Å². The first-order valence-corrected chi connectivity index (χ1v) is 2.87. The molecule has 0 aromatic rings. The molecular formula is C7H15N. The predicted molar refractivity (Wildman–Crippen MR) is 37.4 cm³/mol. The Hall–Kier alpha value is -0.460. The second kappa shape index (κ2) is 2.21. The Balaban J connectivity index is 3.89. The van der Waals surface area contributed by atoms with Crippen molar-refractivity contribution in [3.63, 3.8) is 0 Å². The van der Waals surface area contributed by atoms with Gasteiger partial charge in [-0.25, -0.2) is 0 Å². The minimum atomic E-state index is 0.235. The Morgan fingerprint density at radius 1 is 1.38 bits per heavy atom. The molecule has 0 fully saturated rings. The summed E-state index contributed by atoms with van der Waals surface area (Å²) in [6, 6.07) is 0. The molecule has 1 nitrogen and oxygen atoms in total. The van der Waals surface area contributed by atoms with Crippen molar-refractivity contribution in [2.45, 2.75) is 27.7 Å². The average Bonchev–Trinajstić information content (AvgIpc) is 1.21. The number of nitrogens with two attached hydrogens (primary N) is 1. The van der Waals surface area contributed by atoms with Crippen LogP contribution in [0.5, 0.6) is 0 Å². The van der Waals surface area contributed by atoms with Crippen LogP contribution in [0.25, 0.3) is 0 Å². The molecule has 0 unspecified atom stereocenters. The van der Waals surface area contributed by atoms with E-state index < -0.39 is 0 Å². The maximum atomic E-state index is 5.44. The second-order valence-corrected chi connectivity index (χ2v) is 3.25. The third-order valence-corrected chi connectivity index (χ3v) is 0.661. The Bertz CT molecular complexity index is 91.4. The molecule has 0 aromatic carbocycles. The van der Waals surface area contributed by atoms with Crippen LogP contribution in [0.3, 0.4) is 0 Å². The van der Waals surface area contributed by atoms with Crippen molar-refractivity contribution >= 4 is 0 Å². The highest BCUT2D eigenvalue weighted by Crippen LogP contribution is 2.15. The van der Waals surface area contributed by atoms with Gasteiger partial charge in [0.05, 0.1) is 0 Å². The maximum absolute atomic E-state index is 5.44. The summed E-state index contributed by atoms with van der Waals surface area (Å²) in [5.74, 6) is 0. The Morgan fingerprint density at radius 3 is 1.75 bits per heavy atom. The van der Waals surface area contributed by atoms with E-state index in [9.17, 15) is 0 Å². The van der Waals surface area contributed by atoms with Crippen molar-refractivity contribution in [3.05, 3.63) is 11.8 Å². The number of rotatable bonds is 0. The summed E-state index contributed by atoms with van der Waals surface area (Å²) in [5, 5.41) is 0. The third-order valence-electron chi connectivity index (χ3n) is 0.661. The predicted octanol–water partition coefficient (Wildman–Crippen LogP) is 1.90. The van der Waals surface area contributed by atoms with Crippen LogP contribution in [0.15, 0.2) is 11.8 Å². The van der Waals surface area contributed by atoms with Crippen LogP contribution in [0, 0.1) is 5.41 Å². The number of hydrogen-bond acceptors (Lipinski definition) is 1. The lowest BCUT2D eigenvalue weighted by molar-refractivity contribution is 0.539. The van der Waals surface area contributed by atoms with Crippen LogP contribution < -0.4 is 5.73 Å². The minimum absolute atomic E-state index is 0.235. The fraction of sp³-hybridized carbons (Fsp3) is 0.714. The van der Waals surface area contributed by atoms with E-state index in [2.05, 4.69) is 20.8 Å². The molecule has 0 aliphatic rings. The topological polar surface area (TPSA) is 26.0 Å². The van der Waals surface area contributed by atoms with Gasteiger partial charge in [-0.15, -0.1) is 0 Å². The lowest BCUT2D eigenvalue weighted by Crippen LogP contribution is -2.03. The second-order valence-electron chi connectivity index (χ2n) is 3.25. The van der Waals surface area contributed by atoms with Crippen LogP contribution in [-0.4, -0.2) is 0 Å². The van der Waals surface area contributed by atoms with Gasteiger partial charge in [-0.2, -0.15) is 0 Å². The van der Waals surface area contributed by atoms with E-state index in [-0.39, 0.29) is 5.41 Å². The van der Waals surface area contributed by atoms with E-state index >= 15 is 0 Å². The standard InChI is InChI=1S/C7H15N/c1-6(8)5-7(2,3)4/h5H,8H2,1-4H3. The van der Waals surface area contributed by atoms with Gasteiger partial charge in [-0.05, 0) is 12.3 Å². The van der Waals surface area contributed by atoms with Gasteiger partial charge in [-0.1, -0.05) is 26.8 Å². The molecule has 0 heterocycles. The number of hydrogen-bond donors (Lipinski definition) is 1. The first-order chi connectivity index (χ1) is 3.42. The van der Waals surface area contributed by atoms with Gasteiger partial charge in [0.15, 0.2) is 0 Å². The zero-order chi connectivity index (χ0) is 6.78. The van der Waals surface area contributed by atoms with Gasteiger partial charge < -0.3 is 5.73 Å². The molecule has 8 heavy (non-hydrogen) atoms. The molecular weight excluding hydrogens is 98.1 g/mol. The van der Waals surface area contributed by atoms with Crippen molar-refractivity contribution in [1.29, 1.82) is 0 Å². The monoisotopic (exact) mass is 113 g/mol. The van der Waals surface area contributed by atoms with Crippen molar-refractivity contribution < 1.29 is 0 Å². The molecule has 48 valence electrons. The molecule has 0 saturated carbocycles. The van der Waals surface area contributed by atoms with Crippen LogP contribution in [0.4, 0.5) is 0 Å². The van der Waals surface area contributed by atoms with Crippen LogP contribution in [0.1, 0.15) is 27.7 Å². The highest BCUT2D eigenvalue weighted by molar-refractivity contribution is 4.98. The largest absolute Gasteiger partial charge is 0.403 e. The molecule has 0 radical (unpaired) electrons. The average molecular weight is 113 g/mol. The molecule has 0 aliphatic carbocycles. The van der Waals surface area contributed by atoms with Gasteiger partial charge in [0.25, 0.3) is 0 Å². The van der Waals surface area contributed by atoms with E-state index in [0.29, 0.717) is 0 Å². The molecule has 0 aliphatic heterocycles. The third kappa shape index (κ3) is 5.54. The summed E-state index contributed by atoms with van der Waals surface area (Å²) in [7, 11) is 0. The summed E-state index contributed by atoms with van der Waals surface area (Å²) >= 11 is 0. The van der Waals surface area contributed by atoms with Crippen LogP contribution in [-0.2, 0) is 0 Å². The zero-order valence-corrected chi connectivity index (χ0v) is 6.15. The van der Waals surface area contributed by atoms with Crippen LogP contribution >= 0.6 is 0 Å². The number of allylic oxidation sites excluding steroid dienone is 2. The maximum Gasteiger partial charge on any atom is 0.00137 e. The van der Waals surface area contributed by atoms with Crippen LogP contribution in [0.2, 0.25) is 0 Å². The quantitative estimate of drug-likeness (QED) is 0.510. The summed E-state index contributed by atoms with van der Waals surface area (Å²) in [6.07, 6.45) is 2.05. The SMILES string of the molecule is CC(N)=CC(C)(C)C. The Morgan fingerprint density at radius 2 is 1.75 bits per heavy atom. The molecule has 1 heteroatoms. The summed E-state index contributed by atoms with van der Waals surface area (Å²) < 4.78 is 0.